The van der Waals surface area contributed by atoms with Gasteiger partial charge in [-0.3, -0.25) is 0 Å². The number of carbonyl (C=O) groups is 1. The molecule has 0 bridgehead atoms. The zero-order chi connectivity index (χ0) is 7.98. The Kier molecular flexibility index (Phi) is 4.95. The van der Waals surface area contributed by atoms with Crippen molar-refractivity contribution in [1.82, 2.24) is 0 Å². The van der Waals surface area contributed by atoms with Crippen LogP contribution in [-0.4, -0.2) is 12.6 Å². The van der Waals surface area contributed by atoms with Crippen molar-refractivity contribution in [2.45, 2.75) is 13.3 Å². The van der Waals surface area contributed by atoms with Crippen molar-refractivity contribution in [3.63, 3.8) is 0 Å². The standard InChI is InChI=1S/C6H11O3P/c1-3-4-8-6(7)5(2)9-10/h2-4,10H2,1H3. The van der Waals surface area contributed by atoms with E-state index in [1.165, 1.54) is 0 Å². The lowest BCUT2D eigenvalue weighted by Crippen LogP contribution is -2.07. The average molecular weight is 162 g/mol. The Hall–Kier alpha value is -0.560. The maximum absolute atomic E-state index is 10.7. The molecule has 0 spiro atoms. The Bertz CT molecular complexity index is 133. The lowest BCUT2D eigenvalue weighted by atomic mass is 10.5. The molecule has 0 heterocycles. The molecule has 0 amide bonds. The summed E-state index contributed by atoms with van der Waals surface area (Å²) in [7, 11) is 1.93. The Morgan fingerprint density at radius 3 is 2.70 bits per heavy atom. The first-order valence-corrected chi connectivity index (χ1v) is 3.42. The van der Waals surface area contributed by atoms with E-state index in [-0.39, 0.29) is 5.76 Å². The maximum Gasteiger partial charge on any atom is 0.373 e. The number of hydrogen-bond acceptors (Lipinski definition) is 3. The minimum atomic E-state index is -0.503. The molecule has 0 radical (unpaired) electrons. The van der Waals surface area contributed by atoms with Gasteiger partial charge in [0.05, 0.1) is 16.1 Å². The highest BCUT2D eigenvalue weighted by atomic mass is 31.0. The molecule has 0 fully saturated rings. The Morgan fingerprint density at radius 2 is 2.30 bits per heavy atom. The molecule has 0 rings (SSSR count). The quantitative estimate of drug-likeness (QED) is 0.270. The van der Waals surface area contributed by atoms with Gasteiger partial charge in [0.2, 0.25) is 0 Å². The lowest BCUT2D eigenvalue weighted by molar-refractivity contribution is -0.141. The second-order valence-electron chi connectivity index (χ2n) is 1.68. The van der Waals surface area contributed by atoms with Crippen molar-refractivity contribution in [2.24, 2.45) is 0 Å². The van der Waals surface area contributed by atoms with Crippen LogP contribution in [0, 0.1) is 0 Å². The molecule has 1 unspecified atom stereocenters. The monoisotopic (exact) mass is 162 g/mol. The minimum absolute atomic E-state index is 0.0125. The molecule has 0 aromatic rings. The third-order valence-electron chi connectivity index (χ3n) is 0.807. The van der Waals surface area contributed by atoms with Crippen LogP contribution in [0.25, 0.3) is 0 Å². The average Bonchev–Trinajstić information content (AvgIpc) is 1.98. The van der Waals surface area contributed by atoms with E-state index in [0.29, 0.717) is 6.61 Å². The summed E-state index contributed by atoms with van der Waals surface area (Å²) in [4.78, 5) is 10.7. The van der Waals surface area contributed by atoms with Crippen LogP contribution < -0.4 is 0 Å². The van der Waals surface area contributed by atoms with E-state index >= 15 is 0 Å². The second-order valence-corrected chi connectivity index (χ2v) is 1.91. The van der Waals surface area contributed by atoms with Gasteiger partial charge in [0.25, 0.3) is 0 Å². The number of esters is 1. The summed E-state index contributed by atoms with van der Waals surface area (Å²) in [6.45, 7) is 5.63. The van der Waals surface area contributed by atoms with E-state index in [0.717, 1.165) is 6.42 Å². The first-order chi connectivity index (χ1) is 4.72. The van der Waals surface area contributed by atoms with Crippen LogP contribution in [0.2, 0.25) is 0 Å². The SMILES string of the molecule is C=C(OP)C(=O)OCCC. The van der Waals surface area contributed by atoms with Gasteiger partial charge in [-0.2, -0.15) is 0 Å². The van der Waals surface area contributed by atoms with Gasteiger partial charge in [-0.15, -0.1) is 0 Å². The molecule has 0 aromatic carbocycles. The predicted molar refractivity (Wildman–Crippen MR) is 41.2 cm³/mol. The summed E-state index contributed by atoms with van der Waals surface area (Å²) in [5.74, 6) is -0.490. The first kappa shape index (κ1) is 9.44. The maximum atomic E-state index is 10.7. The Morgan fingerprint density at radius 1 is 1.70 bits per heavy atom. The van der Waals surface area contributed by atoms with E-state index in [4.69, 9.17) is 0 Å². The van der Waals surface area contributed by atoms with Gasteiger partial charge in [0.1, 0.15) is 0 Å². The highest BCUT2D eigenvalue weighted by molar-refractivity contribution is 7.10. The molecular weight excluding hydrogens is 151 g/mol. The molecule has 0 aliphatic rings. The van der Waals surface area contributed by atoms with Crippen LogP contribution in [0.15, 0.2) is 12.3 Å². The zero-order valence-corrected chi connectivity index (χ0v) is 7.08. The molecule has 0 saturated heterocycles. The second kappa shape index (κ2) is 5.24. The van der Waals surface area contributed by atoms with Crippen LogP contribution in [0.5, 0.6) is 0 Å². The van der Waals surface area contributed by atoms with Gasteiger partial charge in [0, 0.05) is 0 Å². The Balaban J connectivity index is 3.52. The highest BCUT2D eigenvalue weighted by Crippen LogP contribution is 2.01. The highest BCUT2D eigenvalue weighted by Gasteiger charge is 2.06. The topological polar surface area (TPSA) is 35.5 Å². The van der Waals surface area contributed by atoms with Crippen molar-refractivity contribution in [3.05, 3.63) is 12.3 Å². The largest absolute Gasteiger partial charge is 0.473 e. The molecule has 0 saturated carbocycles. The fourth-order valence-corrected chi connectivity index (χ4v) is 0.420. The summed E-state index contributed by atoms with van der Waals surface area (Å²) in [5.41, 5.74) is 0. The summed E-state index contributed by atoms with van der Waals surface area (Å²) >= 11 is 0. The van der Waals surface area contributed by atoms with Gasteiger partial charge < -0.3 is 9.26 Å². The van der Waals surface area contributed by atoms with E-state index in [9.17, 15) is 4.79 Å². The summed E-state index contributed by atoms with van der Waals surface area (Å²) in [6, 6.07) is 0. The van der Waals surface area contributed by atoms with Gasteiger partial charge in [0.15, 0.2) is 5.76 Å². The van der Waals surface area contributed by atoms with E-state index in [1.807, 2.05) is 16.4 Å². The number of carbonyl (C=O) groups excluding carboxylic acids is 1. The summed E-state index contributed by atoms with van der Waals surface area (Å²) in [6.07, 6.45) is 0.801. The molecule has 1 atom stereocenters. The molecule has 0 aliphatic heterocycles. The van der Waals surface area contributed by atoms with Gasteiger partial charge in [-0.25, -0.2) is 4.79 Å². The summed E-state index contributed by atoms with van der Waals surface area (Å²) in [5, 5.41) is 0. The zero-order valence-electron chi connectivity index (χ0n) is 5.92. The molecule has 10 heavy (non-hydrogen) atoms. The van der Waals surface area contributed by atoms with Gasteiger partial charge in [-0.1, -0.05) is 6.92 Å². The lowest BCUT2D eigenvalue weighted by Gasteiger charge is -2.02. The van der Waals surface area contributed by atoms with Crippen molar-refractivity contribution in [2.75, 3.05) is 6.61 Å². The molecule has 3 nitrogen and oxygen atoms in total. The van der Waals surface area contributed by atoms with Crippen LogP contribution in [0.3, 0.4) is 0 Å². The molecule has 0 aliphatic carbocycles. The van der Waals surface area contributed by atoms with Crippen molar-refractivity contribution in [3.8, 4) is 0 Å². The van der Waals surface area contributed by atoms with Crippen molar-refractivity contribution < 1.29 is 14.1 Å². The Labute approximate surface area is 62.7 Å². The van der Waals surface area contributed by atoms with E-state index in [2.05, 4.69) is 15.8 Å². The smallest absolute Gasteiger partial charge is 0.373 e. The molecular formula is C6H11O3P. The minimum Gasteiger partial charge on any atom is -0.473 e. The van der Waals surface area contributed by atoms with Gasteiger partial charge in [-0.05, 0) is 13.0 Å². The molecule has 0 aromatic heterocycles. The predicted octanol–water partition coefficient (Wildman–Crippen LogP) is 1.26. The molecule has 0 N–H and O–H groups in total. The van der Waals surface area contributed by atoms with Crippen molar-refractivity contribution >= 4 is 15.4 Å². The number of hydrogen-bond donors (Lipinski definition) is 0. The van der Waals surface area contributed by atoms with Gasteiger partial charge >= 0.3 is 5.97 Å². The fraction of sp³-hybridized carbons (Fsp3) is 0.500. The van der Waals surface area contributed by atoms with Crippen LogP contribution in [-0.2, 0) is 14.1 Å². The molecule has 58 valence electrons. The summed E-state index contributed by atoms with van der Waals surface area (Å²) < 4.78 is 9.12. The van der Waals surface area contributed by atoms with Crippen LogP contribution in [0.1, 0.15) is 13.3 Å². The van der Waals surface area contributed by atoms with Crippen LogP contribution >= 0.6 is 9.47 Å². The number of ether oxygens (including phenoxy) is 1. The molecule has 4 heteroatoms. The first-order valence-electron chi connectivity index (χ1n) is 2.95. The fourth-order valence-electron chi connectivity index (χ4n) is 0.323. The van der Waals surface area contributed by atoms with E-state index in [1.54, 1.807) is 0 Å². The van der Waals surface area contributed by atoms with E-state index < -0.39 is 5.97 Å². The third kappa shape index (κ3) is 3.46. The normalized spacial score (nSPS) is 8.60. The van der Waals surface area contributed by atoms with Crippen molar-refractivity contribution in [1.29, 1.82) is 0 Å². The van der Waals surface area contributed by atoms with Crippen LogP contribution in [0.4, 0.5) is 0 Å². The third-order valence-corrected chi connectivity index (χ3v) is 1.09. The number of rotatable bonds is 4.